The molecule has 0 unspecified atom stereocenters. The molecule has 142 valence electrons. The minimum Gasteiger partial charge on any atom is -0.484 e. The lowest BCUT2D eigenvalue weighted by molar-refractivity contribution is -0.123. The van der Waals surface area contributed by atoms with E-state index < -0.39 is 18.5 Å². The number of fused-ring (bicyclic) bond motifs is 1. The molecule has 0 radical (unpaired) electrons. The number of imidazole rings is 1. The maximum atomic E-state index is 13.5. The highest BCUT2D eigenvalue weighted by Gasteiger charge is 2.22. The summed E-state index contributed by atoms with van der Waals surface area (Å²) in [4.78, 5) is 16.5. The molecule has 27 heavy (non-hydrogen) atoms. The molecule has 5 nitrogen and oxygen atoms in total. The van der Waals surface area contributed by atoms with Crippen molar-refractivity contribution in [2.24, 2.45) is 0 Å². The highest BCUT2D eigenvalue weighted by atomic mass is 19.3. The van der Waals surface area contributed by atoms with Gasteiger partial charge in [-0.05, 0) is 56.2 Å². The summed E-state index contributed by atoms with van der Waals surface area (Å²) in [5.74, 6) is 0.288. The molecule has 2 aromatic carbocycles. The van der Waals surface area contributed by atoms with E-state index in [-0.39, 0.29) is 12.4 Å². The molecule has 0 bridgehead atoms. The van der Waals surface area contributed by atoms with Gasteiger partial charge in [-0.25, -0.2) is 4.98 Å². The van der Waals surface area contributed by atoms with Crippen LogP contribution in [0.5, 0.6) is 5.75 Å². The molecule has 7 heteroatoms. The number of aromatic nitrogens is 2. The first kappa shape index (κ1) is 18.8. The van der Waals surface area contributed by atoms with Crippen molar-refractivity contribution < 1.29 is 18.3 Å². The summed E-state index contributed by atoms with van der Waals surface area (Å²) < 4.78 is 33.4. The topological polar surface area (TPSA) is 56.1 Å². The zero-order chi connectivity index (χ0) is 19.6. The van der Waals surface area contributed by atoms with Gasteiger partial charge in [0, 0.05) is 0 Å². The summed E-state index contributed by atoms with van der Waals surface area (Å²) in [6.45, 7) is 2.54. The minimum absolute atomic E-state index is 0.103. The van der Waals surface area contributed by atoms with Gasteiger partial charge < -0.3 is 10.1 Å². The number of hydrogen-bond donors (Lipinski definition) is 1. The van der Waals surface area contributed by atoms with E-state index in [1.54, 1.807) is 31.2 Å². The van der Waals surface area contributed by atoms with Crippen LogP contribution in [-0.4, -0.2) is 22.1 Å². The lowest BCUT2D eigenvalue weighted by Gasteiger charge is -2.16. The van der Waals surface area contributed by atoms with Gasteiger partial charge in [0.05, 0.1) is 17.1 Å². The van der Waals surface area contributed by atoms with Crippen LogP contribution in [0.3, 0.4) is 0 Å². The van der Waals surface area contributed by atoms with Crippen molar-refractivity contribution in [2.75, 3.05) is 6.61 Å². The average Bonchev–Trinajstić information content (AvgIpc) is 2.99. The molecule has 3 rings (SSSR count). The summed E-state index contributed by atoms with van der Waals surface area (Å²) in [6.07, 6.45) is 0. The first-order chi connectivity index (χ1) is 12.8. The van der Waals surface area contributed by atoms with Gasteiger partial charge >= 0.3 is 6.55 Å². The third kappa shape index (κ3) is 4.24. The normalized spacial score (nSPS) is 12.4. The number of nitrogens with one attached hydrogen (secondary N) is 1. The quantitative estimate of drug-likeness (QED) is 0.701. The fraction of sp³-hybridized carbons (Fsp3) is 0.300. The van der Waals surface area contributed by atoms with Gasteiger partial charge in [-0.15, -0.1) is 0 Å². The summed E-state index contributed by atoms with van der Waals surface area (Å²) in [6, 6.07) is 11.6. The van der Waals surface area contributed by atoms with Gasteiger partial charge in [0.25, 0.3) is 5.91 Å². The Hall–Kier alpha value is -2.96. The molecule has 1 aromatic heterocycles. The first-order valence-electron chi connectivity index (χ1n) is 8.60. The van der Waals surface area contributed by atoms with Crippen LogP contribution in [0.4, 0.5) is 8.78 Å². The van der Waals surface area contributed by atoms with Gasteiger partial charge in [0.1, 0.15) is 11.6 Å². The first-order valence-corrected chi connectivity index (χ1v) is 8.60. The number of alkyl halides is 2. The third-order valence-corrected chi connectivity index (χ3v) is 4.15. The number of hydrogen-bond acceptors (Lipinski definition) is 3. The lowest BCUT2D eigenvalue weighted by atomic mass is 10.1. The second-order valence-electron chi connectivity index (χ2n) is 6.51. The van der Waals surface area contributed by atoms with Crippen molar-refractivity contribution in [1.82, 2.24) is 14.9 Å². The number of ether oxygens (including phenoxy) is 1. The maximum absolute atomic E-state index is 13.5. The summed E-state index contributed by atoms with van der Waals surface area (Å²) >= 11 is 0. The van der Waals surface area contributed by atoms with E-state index in [4.69, 9.17) is 4.74 Å². The number of halogens is 2. The van der Waals surface area contributed by atoms with Gasteiger partial charge in [0.15, 0.2) is 6.61 Å². The van der Waals surface area contributed by atoms with Crippen LogP contribution < -0.4 is 10.1 Å². The molecule has 0 spiro atoms. The smallest absolute Gasteiger partial charge is 0.320 e. The number of carbonyl (C=O) groups excluding carboxylic acids is 1. The molecule has 1 amide bonds. The standard InChI is InChI=1S/C20H21F2N3O2/c1-12-8-13(2)10-15(9-12)27-11-18(26)23-14(3)19-24-16-6-4-5-7-17(16)25(19)20(21)22/h4-10,14,20H,11H2,1-3H3,(H,23,26)/t14-/m1/s1. The Labute approximate surface area is 156 Å². The van der Waals surface area contributed by atoms with Crippen molar-refractivity contribution >= 4 is 16.9 Å². The lowest BCUT2D eigenvalue weighted by Crippen LogP contribution is -2.32. The number of rotatable bonds is 6. The molecule has 3 aromatic rings. The second kappa shape index (κ2) is 7.73. The van der Waals surface area contributed by atoms with Crippen molar-refractivity contribution in [2.45, 2.75) is 33.4 Å². The number of nitrogens with zero attached hydrogens (tertiary/aromatic N) is 2. The van der Waals surface area contributed by atoms with Crippen molar-refractivity contribution in [1.29, 1.82) is 0 Å². The number of aryl methyl sites for hydroxylation is 2. The predicted molar refractivity (Wildman–Crippen MR) is 99.0 cm³/mol. The van der Waals surface area contributed by atoms with Gasteiger partial charge in [-0.3, -0.25) is 9.36 Å². The third-order valence-electron chi connectivity index (χ3n) is 4.15. The number of benzene rings is 2. The number of amides is 1. The zero-order valence-corrected chi connectivity index (χ0v) is 15.4. The van der Waals surface area contributed by atoms with Crippen LogP contribution in [0.25, 0.3) is 11.0 Å². The fourth-order valence-corrected chi connectivity index (χ4v) is 3.09. The van der Waals surface area contributed by atoms with E-state index in [2.05, 4.69) is 10.3 Å². The predicted octanol–water partition coefficient (Wildman–Crippen LogP) is 4.30. The van der Waals surface area contributed by atoms with Crippen molar-refractivity contribution in [3.63, 3.8) is 0 Å². The summed E-state index contributed by atoms with van der Waals surface area (Å²) in [5.41, 5.74) is 2.85. The molecule has 1 atom stereocenters. The number of carbonyl (C=O) groups is 1. The summed E-state index contributed by atoms with van der Waals surface area (Å²) in [5, 5.41) is 2.67. The number of para-hydroxylation sites is 2. The van der Waals surface area contributed by atoms with E-state index in [1.165, 1.54) is 0 Å². The molecule has 0 fully saturated rings. The van der Waals surface area contributed by atoms with Crippen LogP contribution in [0.2, 0.25) is 0 Å². The van der Waals surface area contributed by atoms with Crippen molar-refractivity contribution in [3.8, 4) is 5.75 Å². The molecule has 1 heterocycles. The van der Waals surface area contributed by atoms with Crippen LogP contribution >= 0.6 is 0 Å². The largest absolute Gasteiger partial charge is 0.484 e. The van der Waals surface area contributed by atoms with Gasteiger partial charge in [-0.2, -0.15) is 8.78 Å². The van der Waals surface area contributed by atoms with Crippen LogP contribution in [0, 0.1) is 13.8 Å². The van der Waals surface area contributed by atoms with E-state index in [9.17, 15) is 13.6 Å². The molecule has 0 saturated carbocycles. The Morgan fingerprint density at radius 2 is 1.85 bits per heavy atom. The van der Waals surface area contributed by atoms with E-state index >= 15 is 0 Å². The highest BCUT2D eigenvalue weighted by Crippen LogP contribution is 2.26. The zero-order valence-electron chi connectivity index (χ0n) is 15.4. The minimum atomic E-state index is -2.75. The summed E-state index contributed by atoms with van der Waals surface area (Å²) in [7, 11) is 0. The van der Waals surface area contributed by atoms with Gasteiger partial charge in [-0.1, -0.05) is 18.2 Å². The SMILES string of the molecule is Cc1cc(C)cc(OCC(=O)N[C@H](C)c2nc3ccccc3n2C(F)F)c1. The van der Waals surface area contributed by atoms with E-state index in [0.717, 1.165) is 15.7 Å². The van der Waals surface area contributed by atoms with E-state index in [0.29, 0.717) is 16.8 Å². The molecule has 1 N–H and O–H groups in total. The van der Waals surface area contributed by atoms with Crippen LogP contribution in [-0.2, 0) is 4.79 Å². The Balaban J connectivity index is 1.71. The molecule has 0 aliphatic carbocycles. The highest BCUT2D eigenvalue weighted by molar-refractivity contribution is 5.79. The molecule has 0 aliphatic heterocycles. The van der Waals surface area contributed by atoms with Gasteiger partial charge in [0.2, 0.25) is 0 Å². The molecule has 0 saturated heterocycles. The Morgan fingerprint density at radius 3 is 2.52 bits per heavy atom. The Morgan fingerprint density at radius 1 is 1.19 bits per heavy atom. The molecular weight excluding hydrogens is 352 g/mol. The molecular formula is C20H21F2N3O2. The Kier molecular flexibility index (Phi) is 5.39. The monoisotopic (exact) mass is 373 g/mol. The average molecular weight is 373 g/mol. The van der Waals surface area contributed by atoms with Crippen LogP contribution in [0.1, 0.15) is 36.5 Å². The molecule has 0 aliphatic rings. The van der Waals surface area contributed by atoms with E-state index in [1.807, 2.05) is 32.0 Å². The van der Waals surface area contributed by atoms with Crippen LogP contribution in [0.15, 0.2) is 42.5 Å². The van der Waals surface area contributed by atoms with Crippen molar-refractivity contribution in [3.05, 3.63) is 59.4 Å². The Bertz CT molecular complexity index is 949. The second-order valence-corrected chi connectivity index (χ2v) is 6.51. The maximum Gasteiger partial charge on any atom is 0.320 e. The fourth-order valence-electron chi connectivity index (χ4n) is 3.09.